The molecule has 0 saturated carbocycles. The van der Waals surface area contributed by atoms with Gasteiger partial charge >= 0.3 is 0 Å². The summed E-state index contributed by atoms with van der Waals surface area (Å²) in [6, 6.07) is 14.7. The molecule has 0 radical (unpaired) electrons. The summed E-state index contributed by atoms with van der Waals surface area (Å²) in [5.41, 5.74) is 3.01. The number of pyridine rings is 1. The molecule has 1 unspecified atom stereocenters. The number of β-amino-alcohol motifs (C(OH)–C–C–N with tert-alkyl or cyclic N) is 1. The number of nitrogens with one attached hydrogen (secondary N) is 1. The quantitative estimate of drug-likeness (QED) is 0.448. The summed E-state index contributed by atoms with van der Waals surface area (Å²) in [5.74, 6) is 0.277. The number of nitrogens with zero attached hydrogens (tertiary/aromatic N) is 3. The molecule has 1 fully saturated rings. The van der Waals surface area contributed by atoms with E-state index in [1.807, 2.05) is 12.1 Å². The van der Waals surface area contributed by atoms with Crippen LogP contribution in [0.4, 0.5) is 11.4 Å². The second kappa shape index (κ2) is 10.8. The minimum atomic E-state index is -2.48. The third kappa shape index (κ3) is 5.64. The van der Waals surface area contributed by atoms with Gasteiger partial charge in [-0.15, -0.1) is 0 Å². The van der Waals surface area contributed by atoms with E-state index in [1.54, 1.807) is 42.4 Å². The zero-order valence-corrected chi connectivity index (χ0v) is 19.7. The number of hydrogen-bond donors (Lipinski definition) is 2. The van der Waals surface area contributed by atoms with Crippen molar-refractivity contribution in [2.45, 2.75) is 18.9 Å². The zero-order chi connectivity index (χ0) is 24.1. The second-order valence-electron chi connectivity index (χ2n) is 8.22. The van der Waals surface area contributed by atoms with Gasteiger partial charge in [-0.1, -0.05) is 18.2 Å². The SMILES string of the molecule is CN(CCc1ccccc1N1CC[C@H](O)C1)C(=O)COc1ccc(NS(=O)[O-])c2ncccc12. The Bertz CT molecular complexity index is 1190. The Morgan fingerprint density at radius 3 is 2.88 bits per heavy atom. The number of fused-ring (bicyclic) bond motifs is 1. The number of hydrogen-bond acceptors (Lipinski definition) is 7. The van der Waals surface area contributed by atoms with E-state index in [0.29, 0.717) is 41.9 Å². The lowest BCUT2D eigenvalue weighted by atomic mass is 10.1. The van der Waals surface area contributed by atoms with Gasteiger partial charge in [0.15, 0.2) is 6.61 Å². The number of para-hydroxylation sites is 1. The molecular formula is C24H27N4O5S-. The topological polar surface area (TPSA) is 118 Å². The molecule has 180 valence electrons. The largest absolute Gasteiger partial charge is 0.755 e. The molecule has 4 rings (SSSR count). The Labute approximate surface area is 200 Å². The highest BCUT2D eigenvalue weighted by molar-refractivity contribution is 7.80. The van der Waals surface area contributed by atoms with Crippen LogP contribution < -0.4 is 14.4 Å². The minimum absolute atomic E-state index is 0.152. The highest BCUT2D eigenvalue weighted by Crippen LogP contribution is 2.30. The second-order valence-corrected chi connectivity index (χ2v) is 8.89. The van der Waals surface area contributed by atoms with E-state index in [9.17, 15) is 18.7 Å². The zero-order valence-electron chi connectivity index (χ0n) is 18.8. The first-order chi connectivity index (χ1) is 16.4. The van der Waals surface area contributed by atoms with Crippen molar-refractivity contribution in [2.75, 3.05) is 42.9 Å². The molecule has 0 bridgehead atoms. The standard InChI is InChI=1S/C24H28N4O5S/c1-27(13-10-17-5-2-3-7-21(17)28-14-11-18(29)15-28)23(30)16-33-22-9-8-20(26-34(31)32)24-19(22)6-4-12-25-24/h2-9,12,18,26,29H,10-11,13-16H2,1H3,(H,31,32)/p-1/t18-/m0/s1. The Kier molecular flexibility index (Phi) is 7.61. The predicted molar refractivity (Wildman–Crippen MR) is 130 cm³/mol. The van der Waals surface area contributed by atoms with Crippen molar-refractivity contribution in [3.05, 3.63) is 60.3 Å². The van der Waals surface area contributed by atoms with Crippen LogP contribution >= 0.6 is 0 Å². The molecule has 1 amide bonds. The number of aliphatic hydroxyl groups excluding tert-OH is 1. The van der Waals surface area contributed by atoms with E-state index in [4.69, 9.17) is 4.74 Å². The molecule has 3 aromatic rings. The van der Waals surface area contributed by atoms with Crippen LogP contribution in [0.3, 0.4) is 0 Å². The van der Waals surface area contributed by atoms with Gasteiger partial charge in [0, 0.05) is 55.2 Å². The number of anilines is 2. The number of carbonyl (C=O) groups is 1. The van der Waals surface area contributed by atoms with Crippen molar-refractivity contribution in [1.82, 2.24) is 9.88 Å². The Morgan fingerprint density at radius 1 is 1.29 bits per heavy atom. The number of ether oxygens (including phenoxy) is 1. The molecule has 1 aliphatic heterocycles. The van der Waals surface area contributed by atoms with Gasteiger partial charge in [-0.2, -0.15) is 0 Å². The molecule has 2 atom stereocenters. The first kappa shape index (κ1) is 23.9. The van der Waals surface area contributed by atoms with Gasteiger partial charge < -0.3 is 28.9 Å². The summed E-state index contributed by atoms with van der Waals surface area (Å²) in [6.45, 7) is 1.82. The van der Waals surface area contributed by atoms with E-state index in [2.05, 4.69) is 26.7 Å². The molecule has 0 spiro atoms. The van der Waals surface area contributed by atoms with Crippen molar-refractivity contribution < 1.29 is 23.4 Å². The van der Waals surface area contributed by atoms with E-state index in [0.717, 1.165) is 24.2 Å². The number of likely N-dealkylation sites (N-methyl/N-ethyl adjacent to an activating group) is 1. The highest BCUT2D eigenvalue weighted by Gasteiger charge is 2.22. The number of aliphatic hydroxyl groups is 1. The number of rotatable bonds is 9. The van der Waals surface area contributed by atoms with Gasteiger partial charge in [0.05, 0.1) is 17.3 Å². The molecular weight excluding hydrogens is 456 g/mol. The van der Waals surface area contributed by atoms with Crippen LogP contribution in [0.1, 0.15) is 12.0 Å². The summed E-state index contributed by atoms with van der Waals surface area (Å²) in [7, 11) is 1.74. The first-order valence-electron chi connectivity index (χ1n) is 11.0. The van der Waals surface area contributed by atoms with Crippen molar-refractivity contribution >= 4 is 39.5 Å². The number of benzene rings is 2. The molecule has 2 N–H and O–H groups in total. The van der Waals surface area contributed by atoms with E-state index >= 15 is 0 Å². The maximum absolute atomic E-state index is 12.7. The summed E-state index contributed by atoms with van der Waals surface area (Å²) < 4.78 is 30.2. The third-order valence-corrected chi connectivity index (χ3v) is 6.30. The normalized spacial score (nSPS) is 16.4. The van der Waals surface area contributed by atoms with E-state index in [-0.39, 0.29) is 18.6 Å². The van der Waals surface area contributed by atoms with Crippen LogP contribution in [0.5, 0.6) is 5.75 Å². The first-order valence-corrected chi connectivity index (χ1v) is 12.1. The fourth-order valence-corrected chi connectivity index (χ4v) is 4.44. The molecule has 0 aliphatic carbocycles. The van der Waals surface area contributed by atoms with Crippen LogP contribution in [0.25, 0.3) is 10.9 Å². The molecule has 10 heteroatoms. The summed E-state index contributed by atoms with van der Waals surface area (Å²) in [4.78, 5) is 20.8. The van der Waals surface area contributed by atoms with Gasteiger partial charge in [0.25, 0.3) is 5.91 Å². The molecule has 2 aromatic carbocycles. The Balaban J connectivity index is 1.37. The van der Waals surface area contributed by atoms with Gasteiger partial charge in [-0.3, -0.25) is 14.0 Å². The van der Waals surface area contributed by atoms with E-state index < -0.39 is 11.3 Å². The molecule has 2 heterocycles. The number of amides is 1. The fraction of sp³-hybridized carbons (Fsp3) is 0.333. The van der Waals surface area contributed by atoms with Gasteiger partial charge in [0.2, 0.25) is 0 Å². The van der Waals surface area contributed by atoms with Crippen molar-refractivity contribution in [3.8, 4) is 5.75 Å². The molecule has 9 nitrogen and oxygen atoms in total. The highest BCUT2D eigenvalue weighted by atomic mass is 32.2. The number of carbonyl (C=O) groups excluding carboxylic acids is 1. The minimum Gasteiger partial charge on any atom is -0.755 e. The monoisotopic (exact) mass is 483 g/mol. The lowest BCUT2D eigenvalue weighted by molar-refractivity contribution is -0.132. The Hall–Kier alpha value is -3.21. The maximum atomic E-state index is 12.7. The lowest BCUT2D eigenvalue weighted by Gasteiger charge is -2.23. The van der Waals surface area contributed by atoms with Crippen LogP contribution in [-0.2, 0) is 22.5 Å². The van der Waals surface area contributed by atoms with Gasteiger partial charge in [0.1, 0.15) is 5.75 Å². The van der Waals surface area contributed by atoms with Gasteiger partial charge in [-0.25, -0.2) is 0 Å². The van der Waals surface area contributed by atoms with Crippen LogP contribution in [0, 0.1) is 0 Å². The van der Waals surface area contributed by atoms with Crippen LogP contribution in [0.2, 0.25) is 0 Å². The molecule has 1 aromatic heterocycles. The summed E-state index contributed by atoms with van der Waals surface area (Å²) in [5, 5.41) is 10.5. The molecule has 34 heavy (non-hydrogen) atoms. The van der Waals surface area contributed by atoms with Crippen LogP contribution in [0.15, 0.2) is 54.7 Å². The smallest absolute Gasteiger partial charge is 0.260 e. The molecule has 1 saturated heterocycles. The third-order valence-electron chi connectivity index (χ3n) is 5.91. The van der Waals surface area contributed by atoms with Crippen LogP contribution in [-0.4, -0.2) is 69.1 Å². The summed E-state index contributed by atoms with van der Waals surface area (Å²) >= 11 is -2.48. The number of aromatic nitrogens is 1. The average Bonchev–Trinajstić information content (AvgIpc) is 3.27. The van der Waals surface area contributed by atoms with Gasteiger partial charge in [-0.05, 0) is 48.7 Å². The van der Waals surface area contributed by atoms with E-state index in [1.165, 1.54) is 0 Å². The average molecular weight is 484 g/mol. The summed E-state index contributed by atoms with van der Waals surface area (Å²) in [6.07, 6.45) is 2.71. The fourth-order valence-electron chi connectivity index (χ4n) is 4.10. The molecule has 1 aliphatic rings. The Morgan fingerprint density at radius 2 is 2.12 bits per heavy atom. The van der Waals surface area contributed by atoms with Crippen molar-refractivity contribution in [2.24, 2.45) is 0 Å². The lowest BCUT2D eigenvalue weighted by Crippen LogP contribution is -2.33. The predicted octanol–water partition coefficient (Wildman–Crippen LogP) is 2.09. The van der Waals surface area contributed by atoms with Crippen molar-refractivity contribution in [1.29, 1.82) is 0 Å². The maximum Gasteiger partial charge on any atom is 0.260 e. The van der Waals surface area contributed by atoms with Crippen molar-refractivity contribution in [3.63, 3.8) is 0 Å².